The van der Waals surface area contributed by atoms with Gasteiger partial charge in [-0.3, -0.25) is 0 Å². The topological polar surface area (TPSA) is 55.6 Å². The molecule has 0 saturated heterocycles. The number of imidazole rings is 1. The predicted molar refractivity (Wildman–Crippen MR) is 80.3 cm³/mol. The maximum absolute atomic E-state index is 11.7. The van der Waals surface area contributed by atoms with Crippen LogP contribution in [0.5, 0.6) is 0 Å². The summed E-state index contributed by atoms with van der Waals surface area (Å²) < 4.78 is 6.74. The van der Waals surface area contributed by atoms with E-state index in [9.17, 15) is 4.79 Å². The first-order valence-electron chi connectivity index (χ1n) is 6.62. The molecule has 2 heterocycles. The summed E-state index contributed by atoms with van der Waals surface area (Å²) in [7, 11) is 1.38. The quantitative estimate of drug-likeness (QED) is 0.747. The SMILES string of the molecule is COC(=O)c1ccccc1NCc1cn2ccccc2n1. The monoisotopic (exact) mass is 281 g/mol. The van der Waals surface area contributed by atoms with E-state index in [0.717, 1.165) is 17.0 Å². The Morgan fingerprint density at radius 3 is 2.86 bits per heavy atom. The molecule has 0 bridgehead atoms. The van der Waals surface area contributed by atoms with Crippen LogP contribution in [0.3, 0.4) is 0 Å². The largest absolute Gasteiger partial charge is 0.465 e. The predicted octanol–water partition coefficient (Wildman–Crippen LogP) is 2.73. The van der Waals surface area contributed by atoms with Gasteiger partial charge in [-0.2, -0.15) is 0 Å². The van der Waals surface area contributed by atoms with Crippen LogP contribution in [0.15, 0.2) is 54.9 Å². The normalized spacial score (nSPS) is 10.5. The molecule has 3 rings (SSSR count). The Morgan fingerprint density at radius 2 is 2.05 bits per heavy atom. The van der Waals surface area contributed by atoms with Crippen molar-refractivity contribution >= 4 is 17.3 Å². The lowest BCUT2D eigenvalue weighted by atomic mass is 10.2. The van der Waals surface area contributed by atoms with E-state index in [1.165, 1.54) is 7.11 Å². The lowest BCUT2D eigenvalue weighted by molar-refractivity contribution is 0.0602. The standard InChI is InChI=1S/C16H15N3O2/c1-21-16(20)13-6-2-3-7-14(13)17-10-12-11-19-9-5-4-8-15(19)18-12/h2-9,11,17H,10H2,1H3. The molecule has 5 nitrogen and oxygen atoms in total. The molecule has 0 aliphatic carbocycles. The molecule has 0 spiro atoms. The van der Waals surface area contributed by atoms with E-state index >= 15 is 0 Å². The van der Waals surface area contributed by atoms with E-state index in [1.54, 1.807) is 6.07 Å². The third-order valence-corrected chi connectivity index (χ3v) is 3.21. The first kappa shape index (κ1) is 13.2. The Balaban J connectivity index is 1.80. The lowest BCUT2D eigenvalue weighted by Crippen LogP contribution is -2.08. The molecule has 0 aliphatic heterocycles. The Morgan fingerprint density at radius 1 is 1.24 bits per heavy atom. The van der Waals surface area contributed by atoms with Crippen molar-refractivity contribution in [2.24, 2.45) is 0 Å². The van der Waals surface area contributed by atoms with Gasteiger partial charge in [0.2, 0.25) is 0 Å². The Bertz CT molecular complexity index is 747. The highest BCUT2D eigenvalue weighted by molar-refractivity contribution is 5.95. The van der Waals surface area contributed by atoms with Crippen molar-refractivity contribution in [3.63, 3.8) is 0 Å². The molecule has 0 radical (unpaired) electrons. The first-order chi connectivity index (χ1) is 10.3. The van der Waals surface area contributed by atoms with Crippen molar-refractivity contribution in [3.05, 3.63) is 66.1 Å². The number of carbonyl (C=O) groups is 1. The maximum Gasteiger partial charge on any atom is 0.339 e. The number of benzene rings is 1. The molecule has 0 atom stereocenters. The number of ether oxygens (including phenoxy) is 1. The minimum atomic E-state index is -0.354. The zero-order chi connectivity index (χ0) is 14.7. The van der Waals surface area contributed by atoms with E-state index in [1.807, 2.05) is 53.2 Å². The number of nitrogens with one attached hydrogen (secondary N) is 1. The van der Waals surface area contributed by atoms with Gasteiger partial charge in [-0.1, -0.05) is 18.2 Å². The number of rotatable bonds is 4. The average Bonchev–Trinajstić information content (AvgIpc) is 2.95. The summed E-state index contributed by atoms with van der Waals surface area (Å²) in [4.78, 5) is 16.2. The molecule has 1 N–H and O–H groups in total. The summed E-state index contributed by atoms with van der Waals surface area (Å²) in [6.07, 6.45) is 3.91. The molecule has 0 aliphatic rings. The number of fused-ring (bicyclic) bond motifs is 1. The summed E-state index contributed by atoms with van der Waals surface area (Å²) in [5.74, 6) is -0.354. The second-order valence-electron chi connectivity index (χ2n) is 4.59. The van der Waals surface area contributed by atoms with Crippen molar-refractivity contribution in [1.82, 2.24) is 9.38 Å². The summed E-state index contributed by atoms with van der Waals surface area (Å²) in [5.41, 5.74) is 3.06. The van der Waals surface area contributed by atoms with Crippen LogP contribution in [0, 0.1) is 0 Å². The van der Waals surface area contributed by atoms with Crippen LogP contribution < -0.4 is 5.32 Å². The summed E-state index contributed by atoms with van der Waals surface area (Å²) in [5, 5.41) is 3.23. The van der Waals surface area contributed by atoms with E-state index in [-0.39, 0.29) is 5.97 Å². The van der Waals surface area contributed by atoms with E-state index in [0.29, 0.717) is 12.1 Å². The summed E-state index contributed by atoms with van der Waals surface area (Å²) in [6, 6.07) is 13.1. The number of esters is 1. The number of para-hydroxylation sites is 1. The van der Waals surface area contributed by atoms with Gasteiger partial charge in [-0.15, -0.1) is 0 Å². The molecule has 1 aromatic carbocycles. The maximum atomic E-state index is 11.7. The minimum Gasteiger partial charge on any atom is -0.465 e. The molecule has 2 aromatic heterocycles. The van der Waals surface area contributed by atoms with Crippen LogP contribution in [0.2, 0.25) is 0 Å². The van der Waals surface area contributed by atoms with Crippen LogP contribution >= 0.6 is 0 Å². The fourth-order valence-corrected chi connectivity index (χ4v) is 2.18. The third kappa shape index (κ3) is 2.72. The molecule has 106 valence electrons. The van der Waals surface area contributed by atoms with Crippen LogP contribution in [0.25, 0.3) is 5.65 Å². The average molecular weight is 281 g/mol. The van der Waals surface area contributed by atoms with Gasteiger partial charge < -0.3 is 14.5 Å². The van der Waals surface area contributed by atoms with Gasteiger partial charge >= 0.3 is 5.97 Å². The van der Waals surface area contributed by atoms with Gasteiger partial charge in [0, 0.05) is 18.1 Å². The van der Waals surface area contributed by atoms with Gasteiger partial charge in [-0.05, 0) is 24.3 Å². The van der Waals surface area contributed by atoms with Gasteiger partial charge in [0.25, 0.3) is 0 Å². The van der Waals surface area contributed by atoms with Crippen LogP contribution in [-0.2, 0) is 11.3 Å². The van der Waals surface area contributed by atoms with Crippen LogP contribution in [0.4, 0.5) is 5.69 Å². The third-order valence-electron chi connectivity index (χ3n) is 3.21. The summed E-state index contributed by atoms with van der Waals surface area (Å²) in [6.45, 7) is 0.537. The Hall–Kier alpha value is -2.82. The van der Waals surface area contributed by atoms with Crippen molar-refractivity contribution in [3.8, 4) is 0 Å². The Kier molecular flexibility index (Phi) is 3.55. The zero-order valence-electron chi connectivity index (χ0n) is 11.6. The van der Waals surface area contributed by atoms with Crippen molar-refractivity contribution in [1.29, 1.82) is 0 Å². The molecule has 5 heteroatoms. The number of hydrogen-bond acceptors (Lipinski definition) is 4. The zero-order valence-corrected chi connectivity index (χ0v) is 11.6. The smallest absolute Gasteiger partial charge is 0.339 e. The van der Waals surface area contributed by atoms with Crippen LogP contribution in [0.1, 0.15) is 16.1 Å². The van der Waals surface area contributed by atoms with E-state index in [2.05, 4.69) is 10.3 Å². The first-order valence-corrected chi connectivity index (χ1v) is 6.62. The molecule has 3 aromatic rings. The minimum absolute atomic E-state index is 0.354. The highest BCUT2D eigenvalue weighted by Gasteiger charge is 2.11. The van der Waals surface area contributed by atoms with Gasteiger partial charge in [0.1, 0.15) is 5.65 Å². The van der Waals surface area contributed by atoms with Crippen molar-refractivity contribution < 1.29 is 9.53 Å². The van der Waals surface area contributed by atoms with Crippen molar-refractivity contribution in [2.45, 2.75) is 6.54 Å². The molecule has 0 saturated carbocycles. The number of carbonyl (C=O) groups excluding carboxylic acids is 1. The van der Waals surface area contributed by atoms with Crippen LogP contribution in [-0.4, -0.2) is 22.5 Å². The number of hydrogen-bond donors (Lipinski definition) is 1. The Labute approximate surface area is 122 Å². The van der Waals surface area contributed by atoms with Crippen molar-refractivity contribution in [2.75, 3.05) is 12.4 Å². The fraction of sp³-hybridized carbons (Fsp3) is 0.125. The molecular weight excluding hydrogens is 266 g/mol. The lowest BCUT2D eigenvalue weighted by Gasteiger charge is -2.09. The summed E-state index contributed by atoms with van der Waals surface area (Å²) >= 11 is 0. The van der Waals surface area contributed by atoms with Gasteiger partial charge in [0.15, 0.2) is 0 Å². The molecule has 21 heavy (non-hydrogen) atoms. The number of anilines is 1. The highest BCUT2D eigenvalue weighted by Crippen LogP contribution is 2.17. The number of methoxy groups -OCH3 is 1. The van der Waals surface area contributed by atoms with Gasteiger partial charge in [-0.25, -0.2) is 9.78 Å². The highest BCUT2D eigenvalue weighted by atomic mass is 16.5. The number of nitrogens with zero attached hydrogens (tertiary/aromatic N) is 2. The van der Waals surface area contributed by atoms with E-state index < -0.39 is 0 Å². The molecule has 0 unspecified atom stereocenters. The molecule has 0 fully saturated rings. The second-order valence-corrected chi connectivity index (χ2v) is 4.59. The van der Waals surface area contributed by atoms with Gasteiger partial charge in [0.05, 0.1) is 24.9 Å². The molecular formula is C16H15N3O2. The number of aromatic nitrogens is 2. The number of pyridine rings is 1. The van der Waals surface area contributed by atoms with E-state index in [4.69, 9.17) is 4.74 Å². The molecule has 0 amide bonds. The fourth-order valence-electron chi connectivity index (χ4n) is 2.18. The second kappa shape index (κ2) is 5.66.